The minimum Gasteiger partial charge on any atom is -0.497 e. The molecule has 0 saturated heterocycles. The zero-order chi connectivity index (χ0) is 19.6. The highest BCUT2D eigenvalue weighted by molar-refractivity contribution is 6.42. The maximum absolute atomic E-state index is 12.9. The normalized spacial score (nSPS) is 16.4. The molecule has 0 fully saturated rings. The van der Waals surface area contributed by atoms with Gasteiger partial charge < -0.3 is 20.7 Å². The zero-order valence-corrected chi connectivity index (χ0v) is 16.1. The number of carbonyl (C=O) groups excluding carboxylic acids is 2. The second-order valence-electron chi connectivity index (χ2n) is 5.93. The van der Waals surface area contributed by atoms with Crippen molar-refractivity contribution in [2.45, 2.75) is 13.0 Å². The summed E-state index contributed by atoms with van der Waals surface area (Å²) in [5.74, 6) is 0.338. The fourth-order valence-corrected chi connectivity index (χ4v) is 3.12. The largest absolute Gasteiger partial charge is 0.497 e. The first-order valence-electron chi connectivity index (χ1n) is 8.07. The summed E-state index contributed by atoms with van der Waals surface area (Å²) in [7, 11) is 1.57. The number of anilines is 1. The fraction of sp³-hybridized carbons (Fsp3) is 0.158. The number of ether oxygens (including phenoxy) is 1. The quantitative estimate of drug-likeness (QED) is 0.710. The van der Waals surface area contributed by atoms with Gasteiger partial charge in [0.15, 0.2) is 0 Å². The molecule has 3 N–H and O–H groups in total. The van der Waals surface area contributed by atoms with Gasteiger partial charge in [0.2, 0.25) is 0 Å². The van der Waals surface area contributed by atoms with E-state index < -0.39 is 12.1 Å². The number of nitrogens with one attached hydrogen (secondary N) is 3. The predicted octanol–water partition coefficient (Wildman–Crippen LogP) is 4.27. The Labute approximate surface area is 166 Å². The van der Waals surface area contributed by atoms with E-state index in [1.807, 2.05) is 0 Å². The maximum atomic E-state index is 12.9. The Kier molecular flexibility index (Phi) is 5.58. The van der Waals surface area contributed by atoms with Crippen LogP contribution in [0.25, 0.3) is 0 Å². The van der Waals surface area contributed by atoms with Crippen molar-refractivity contribution >= 4 is 40.8 Å². The molecule has 140 valence electrons. The third-order valence-electron chi connectivity index (χ3n) is 4.14. The molecule has 0 radical (unpaired) electrons. The van der Waals surface area contributed by atoms with Crippen molar-refractivity contribution < 1.29 is 14.3 Å². The highest BCUT2D eigenvalue weighted by Crippen LogP contribution is 2.32. The van der Waals surface area contributed by atoms with Crippen LogP contribution < -0.4 is 20.7 Å². The van der Waals surface area contributed by atoms with Crippen LogP contribution in [0.5, 0.6) is 5.75 Å². The van der Waals surface area contributed by atoms with Gasteiger partial charge in [-0.1, -0.05) is 29.3 Å². The summed E-state index contributed by atoms with van der Waals surface area (Å²) in [6.07, 6.45) is 0. The topological polar surface area (TPSA) is 79.5 Å². The van der Waals surface area contributed by atoms with E-state index in [4.69, 9.17) is 27.9 Å². The number of allylic oxidation sites excluding steroid dienone is 1. The van der Waals surface area contributed by atoms with Crippen LogP contribution in [0.2, 0.25) is 10.0 Å². The number of amides is 3. The van der Waals surface area contributed by atoms with Gasteiger partial charge in [0, 0.05) is 11.4 Å². The number of hydrogen-bond acceptors (Lipinski definition) is 3. The molecule has 0 aromatic heterocycles. The van der Waals surface area contributed by atoms with Crippen molar-refractivity contribution in [3.63, 3.8) is 0 Å². The molecular formula is C19H17Cl2N3O3. The summed E-state index contributed by atoms with van der Waals surface area (Å²) in [6.45, 7) is 1.67. The first kappa shape index (κ1) is 19.1. The first-order valence-corrected chi connectivity index (χ1v) is 8.83. The Morgan fingerprint density at radius 2 is 1.81 bits per heavy atom. The molecule has 0 spiro atoms. The Balaban J connectivity index is 1.92. The molecule has 0 unspecified atom stereocenters. The van der Waals surface area contributed by atoms with Gasteiger partial charge in [-0.15, -0.1) is 0 Å². The van der Waals surface area contributed by atoms with Crippen LogP contribution in [-0.2, 0) is 4.79 Å². The predicted molar refractivity (Wildman–Crippen MR) is 105 cm³/mol. The van der Waals surface area contributed by atoms with Crippen molar-refractivity contribution in [1.29, 1.82) is 0 Å². The number of rotatable bonds is 4. The van der Waals surface area contributed by atoms with E-state index in [2.05, 4.69) is 16.0 Å². The second-order valence-corrected chi connectivity index (χ2v) is 6.74. The molecule has 1 atom stereocenters. The summed E-state index contributed by atoms with van der Waals surface area (Å²) < 4.78 is 5.11. The van der Waals surface area contributed by atoms with Crippen molar-refractivity contribution in [2.24, 2.45) is 0 Å². The Bertz CT molecular complexity index is 926. The molecule has 8 heteroatoms. The average molecular weight is 406 g/mol. The molecule has 2 aromatic rings. The molecule has 0 bridgehead atoms. The lowest BCUT2D eigenvalue weighted by Gasteiger charge is -2.29. The third-order valence-corrected chi connectivity index (χ3v) is 4.88. The van der Waals surface area contributed by atoms with E-state index in [1.165, 1.54) is 0 Å². The monoisotopic (exact) mass is 405 g/mol. The van der Waals surface area contributed by atoms with Gasteiger partial charge in [0.1, 0.15) is 5.75 Å². The van der Waals surface area contributed by atoms with Gasteiger partial charge in [0.25, 0.3) is 5.91 Å². The maximum Gasteiger partial charge on any atom is 0.319 e. The van der Waals surface area contributed by atoms with Crippen LogP contribution in [0.1, 0.15) is 18.5 Å². The lowest BCUT2D eigenvalue weighted by Crippen LogP contribution is -2.45. The van der Waals surface area contributed by atoms with E-state index in [1.54, 1.807) is 56.5 Å². The summed E-state index contributed by atoms with van der Waals surface area (Å²) in [6, 6.07) is 10.9. The molecule has 6 nitrogen and oxygen atoms in total. The average Bonchev–Trinajstić information content (AvgIpc) is 2.63. The van der Waals surface area contributed by atoms with E-state index >= 15 is 0 Å². The standard InChI is InChI=1S/C19H17Cl2N3O3/c1-10-16(18(25)23-12-4-6-13(27-2)7-5-12)17(24-19(26)22-10)11-3-8-14(20)15(21)9-11/h3-9,17H,1-2H3,(H,23,25)(H2,22,24,26)/t17-/m0/s1. The molecule has 2 aromatic carbocycles. The SMILES string of the molecule is COc1ccc(NC(=O)C2=C(C)NC(=O)N[C@H]2c2ccc(Cl)c(Cl)c2)cc1. The molecule has 0 saturated carbocycles. The highest BCUT2D eigenvalue weighted by atomic mass is 35.5. The van der Waals surface area contributed by atoms with Crippen molar-refractivity contribution in [3.8, 4) is 5.75 Å². The summed E-state index contributed by atoms with van der Waals surface area (Å²) in [5.41, 5.74) is 2.09. The molecule has 3 rings (SSSR count). The number of methoxy groups -OCH3 is 1. The van der Waals surface area contributed by atoms with Crippen molar-refractivity contribution in [2.75, 3.05) is 12.4 Å². The smallest absolute Gasteiger partial charge is 0.319 e. The van der Waals surface area contributed by atoms with Crippen molar-refractivity contribution in [3.05, 3.63) is 69.3 Å². The Morgan fingerprint density at radius 1 is 1.11 bits per heavy atom. The molecule has 27 heavy (non-hydrogen) atoms. The first-order chi connectivity index (χ1) is 12.9. The van der Waals surface area contributed by atoms with Gasteiger partial charge in [-0.05, 0) is 48.9 Å². The minimum absolute atomic E-state index is 0.342. The molecule has 1 aliphatic rings. The number of urea groups is 1. The second kappa shape index (κ2) is 7.90. The van der Waals surface area contributed by atoms with Crippen LogP contribution in [-0.4, -0.2) is 19.0 Å². The zero-order valence-electron chi connectivity index (χ0n) is 14.6. The highest BCUT2D eigenvalue weighted by Gasteiger charge is 2.31. The number of benzene rings is 2. The third kappa shape index (κ3) is 4.18. The van der Waals surface area contributed by atoms with Crippen LogP contribution in [0.15, 0.2) is 53.7 Å². The van der Waals surface area contributed by atoms with Crippen LogP contribution in [0, 0.1) is 0 Å². The minimum atomic E-state index is -0.660. The van der Waals surface area contributed by atoms with Crippen LogP contribution >= 0.6 is 23.2 Å². The number of halogens is 2. The van der Waals surface area contributed by atoms with Gasteiger partial charge in [0.05, 0.1) is 28.8 Å². The number of carbonyl (C=O) groups is 2. The van der Waals surface area contributed by atoms with E-state index in [0.29, 0.717) is 38.3 Å². The van der Waals surface area contributed by atoms with Crippen molar-refractivity contribution in [1.82, 2.24) is 10.6 Å². The molecule has 3 amide bonds. The molecule has 1 aliphatic heterocycles. The summed E-state index contributed by atoms with van der Waals surface area (Å²) in [4.78, 5) is 24.9. The van der Waals surface area contributed by atoms with Crippen LogP contribution in [0.4, 0.5) is 10.5 Å². The van der Waals surface area contributed by atoms with Gasteiger partial charge in [-0.2, -0.15) is 0 Å². The molecule has 1 heterocycles. The van der Waals surface area contributed by atoms with Crippen LogP contribution in [0.3, 0.4) is 0 Å². The lowest BCUT2D eigenvalue weighted by molar-refractivity contribution is -0.113. The van der Waals surface area contributed by atoms with Gasteiger partial charge >= 0.3 is 6.03 Å². The fourth-order valence-electron chi connectivity index (χ4n) is 2.81. The Hall–Kier alpha value is -2.70. The summed E-state index contributed by atoms with van der Waals surface area (Å²) in [5, 5.41) is 8.95. The van der Waals surface area contributed by atoms with Gasteiger partial charge in [-0.25, -0.2) is 4.79 Å². The van der Waals surface area contributed by atoms with E-state index in [0.717, 1.165) is 0 Å². The van der Waals surface area contributed by atoms with Gasteiger partial charge in [-0.3, -0.25) is 4.79 Å². The molecule has 0 aliphatic carbocycles. The molecular weight excluding hydrogens is 389 g/mol. The van der Waals surface area contributed by atoms with E-state index in [-0.39, 0.29) is 5.91 Å². The number of hydrogen-bond donors (Lipinski definition) is 3. The summed E-state index contributed by atoms with van der Waals surface area (Å²) >= 11 is 12.1. The van der Waals surface area contributed by atoms with E-state index in [9.17, 15) is 9.59 Å². The lowest BCUT2D eigenvalue weighted by atomic mass is 9.95. The Morgan fingerprint density at radius 3 is 2.44 bits per heavy atom.